The van der Waals surface area contributed by atoms with Crippen molar-refractivity contribution in [1.82, 2.24) is 9.78 Å². The fourth-order valence-electron chi connectivity index (χ4n) is 3.75. The Bertz CT molecular complexity index is 1380. The number of carbonyl (C=O) groups excluding carboxylic acids is 1. The van der Waals surface area contributed by atoms with E-state index in [2.05, 4.69) is 10.4 Å². The second-order valence-corrected chi connectivity index (χ2v) is 7.95. The average molecular weight is 453 g/mol. The van der Waals surface area contributed by atoms with E-state index in [1.54, 1.807) is 24.3 Å². The second-order valence-electron chi connectivity index (χ2n) is 7.95. The van der Waals surface area contributed by atoms with Gasteiger partial charge in [0.1, 0.15) is 0 Å². The first kappa shape index (κ1) is 21.5. The highest BCUT2D eigenvalue weighted by molar-refractivity contribution is 6.04. The summed E-state index contributed by atoms with van der Waals surface area (Å²) < 4.78 is 12.9. The molecule has 2 heterocycles. The number of hydrogen-bond acceptors (Lipinski definition) is 5. The smallest absolute Gasteiger partial charge is 0.267 e. The molecule has 1 aliphatic heterocycles. The third-order valence-electron chi connectivity index (χ3n) is 5.46. The number of amides is 1. The summed E-state index contributed by atoms with van der Waals surface area (Å²) in [6, 6.07) is 25.3. The Morgan fingerprint density at radius 3 is 2.56 bits per heavy atom. The molecular formula is C27H23N3O4. The Kier molecular flexibility index (Phi) is 6.07. The number of anilines is 1. The summed E-state index contributed by atoms with van der Waals surface area (Å²) in [5.74, 6) is 1.17. The molecule has 170 valence electrons. The molecule has 0 aliphatic carbocycles. The summed E-state index contributed by atoms with van der Waals surface area (Å²) in [6.45, 7) is 1.46. The minimum Gasteiger partial charge on any atom is -0.490 e. The van der Waals surface area contributed by atoms with Crippen molar-refractivity contribution in [3.8, 4) is 22.8 Å². The lowest BCUT2D eigenvalue weighted by atomic mass is 10.1. The molecule has 1 aliphatic rings. The van der Waals surface area contributed by atoms with E-state index in [0.29, 0.717) is 36.0 Å². The number of benzene rings is 3. The van der Waals surface area contributed by atoms with Crippen molar-refractivity contribution in [1.29, 1.82) is 0 Å². The predicted molar refractivity (Wildman–Crippen MR) is 129 cm³/mol. The molecule has 1 aromatic heterocycles. The van der Waals surface area contributed by atoms with Gasteiger partial charge in [-0.25, -0.2) is 4.68 Å². The summed E-state index contributed by atoms with van der Waals surface area (Å²) in [5, 5.41) is 7.44. The van der Waals surface area contributed by atoms with Gasteiger partial charge < -0.3 is 14.8 Å². The molecule has 0 fully saturated rings. The lowest BCUT2D eigenvalue weighted by Crippen LogP contribution is -2.23. The van der Waals surface area contributed by atoms with Crippen LogP contribution in [0.2, 0.25) is 0 Å². The Balaban J connectivity index is 1.38. The van der Waals surface area contributed by atoms with Crippen molar-refractivity contribution in [3.05, 3.63) is 106 Å². The maximum Gasteiger partial charge on any atom is 0.267 e. The van der Waals surface area contributed by atoms with Gasteiger partial charge in [0.15, 0.2) is 11.5 Å². The Morgan fingerprint density at radius 1 is 0.882 bits per heavy atom. The standard InChI is InChI=1S/C27H23N3O4/c31-26-13-11-23(20-10-12-24-25(17-20)34-15-5-14-33-24)29-30(26)18-19-6-4-7-21(16-19)27(32)28-22-8-2-1-3-9-22/h1-4,6-13,16-17H,5,14-15,18H2,(H,28,32). The number of nitrogens with one attached hydrogen (secondary N) is 1. The molecule has 0 unspecified atom stereocenters. The molecule has 1 amide bonds. The van der Waals surface area contributed by atoms with Gasteiger partial charge in [0.25, 0.3) is 11.5 Å². The highest BCUT2D eigenvalue weighted by Gasteiger charge is 2.13. The van der Waals surface area contributed by atoms with E-state index in [1.807, 2.05) is 54.6 Å². The van der Waals surface area contributed by atoms with Crippen molar-refractivity contribution >= 4 is 11.6 Å². The lowest BCUT2D eigenvalue weighted by molar-refractivity contribution is 0.102. The van der Waals surface area contributed by atoms with Crippen LogP contribution in [0.15, 0.2) is 89.7 Å². The van der Waals surface area contributed by atoms with E-state index in [9.17, 15) is 9.59 Å². The van der Waals surface area contributed by atoms with Crippen LogP contribution in [0.25, 0.3) is 11.3 Å². The number of para-hydroxylation sites is 1. The highest BCUT2D eigenvalue weighted by Crippen LogP contribution is 2.33. The number of carbonyl (C=O) groups is 1. The fraction of sp³-hybridized carbons (Fsp3) is 0.148. The van der Waals surface area contributed by atoms with Crippen LogP contribution in [0.1, 0.15) is 22.3 Å². The van der Waals surface area contributed by atoms with Gasteiger partial charge in [-0.3, -0.25) is 9.59 Å². The summed E-state index contributed by atoms with van der Waals surface area (Å²) >= 11 is 0. The SMILES string of the molecule is O=C(Nc1ccccc1)c1cccc(Cn2nc(-c3ccc4c(c3)OCCCO4)ccc2=O)c1. The van der Waals surface area contributed by atoms with E-state index >= 15 is 0 Å². The van der Waals surface area contributed by atoms with E-state index < -0.39 is 0 Å². The van der Waals surface area contributed by atoms with Crippen LogP contribution in [0.4, 0.5) is 5.69 Å². The molecule has 0 bridgehead atoms. The first-order valence-electron chi connectivity index (χ1n) is 11.1. The molecule has 34 heavy (non-hydrogen) atoms. The van der Waals surface area contributed by atoms with E-state index in [4.69, 9.17) is 9.47 Å². The fourth-order valence-corrected chi connectivity index (χ4v) is 3.75. The van der Waals surface area contributed by atoms with Crippen molar-refractivity contribution < 1.29 is 14.3 Å². The number of nitrogens with zero attached hydrogens (tertiary/aromatic N) is 2. The van der Waals surface area contributed by atoms with Gasteiger partial charge in [-0.2, -0.15) is 5.10 Å². The Hall–Kier alpha value is -4.39. The molecule has 7 nitrogen and oxygen atoms in total. The summed E-state index contributed by atoms with van der Waals surface area (Å²) in [6.07, 6.45) is 0.829. The largest absolute Gasteiger partial charge is 0.490 e. The van der Waals surface area contributed by atoms with E-state index in [-0.39, 0.29) is 18.0 Å². The Labute approximate surface area is 196 Å². The molecule has 0 saturated heterocycles. The zero-order valence-corrected chi connectivity index (χ0v) is 18.4. The van der Waals surface area contributed by atoms with Gasteiger partial charge in [0, 0.05) is 29.3 Å². The van der Waals surface area contributed by atoms with Gasteiger partial charge >= 0.3 is 0 Å². The minimum absolute atomic E-state index is 0.214. The van der Waals surface area contributed by atoms with Gasteiger partial charge in [-0.1, -0.05) is 30.3 Å². The minimum atomic E-state index is -0.225. The summed E-state index contributed by atoms with van der Waals surface area (Å²) in [7, 11) is 0. The molecular weight excluding hydrogens is 430 g/mol. The van der Waals surface area contributed by atoms with Crippen molar-refractivity contribution in [2.75, 3.05) is 18.5 Å². The van der Waals surface area contributed by atoms with Crippen LogP contribution in [0, 0.1) is 0 Å². The van der Waals surface area contributed by atoms with Crippen LogP contribution in [-0.2, 0) is 6.54 Å². The monoisotopic (exact) mass is 453 g/mol. The second kappa shape index (κ2) is 9.62. The zero-order chi connectivity index (χ0) is 23.3. The van der Waals surface area contributed by atoms with Gasteiger partial charge in [-0.05, 0) is 54.1 Å². The molecule has 7 heteroatoms. The van der Waals surface area contributed by atoms with Crippen molar-refractivity contribution in [3.63, 3.8) is 0 Å². The van der Waals surface area contributed by atoms with E-state index in [1.165, 1.54) is 10.7 Å². The molecule has 0 spiro atoms. The predicted octanol–water partition coefficient (Wildman–Crippen LogP) is 4.37. The first-order chi connectivity index (χ1) is 16.7. The molecule has 0 atom stereocenters. The number of fused-ring (bicyclic) bond motifs is 1. The molecule has 0 radical (unpaired) electrons. The topological polar surface area (TPSA) is 82.5 Å². The molecule has 4 aromatic rings. The maximum atomic E-state index is 12.6. The Morgan fingerprint density at radius 2 is 1.71 bits per heavy atom. The van der Waals surface area contributed by atoms with Crippen LogP contribution in [-0.4, -0.2) is 28.9 Å². The van der Waals surface area contributed by atoms with Gasteiger partial charge in [0.2, 0.25) is 0 Å². The van der Waals surface area contributed by atoms with Crippen LogP contribution < -0.4 is 20.3 Å². The molecule has 5 rings (SSSR count). The molecule has 1 N–H and O–H groups in total. The lowest BCUT2D eigenvalue weighted by Gasteiger charge is -2.11. The summed E-state index contributed by atoms with van der Waals surface area (Å²) in [4.78, 5) is 25.2. The third-order valence-corrected chi connectivity index (χ3v) is 5.46. The number of hydrogen-bond donors (Lipinski definition) is 1. The van der Waals surface area contributed by atoms with Crippen molar-refractivity contribution in [2.45, 2.75) is 13.0 Å². The van der Waals surface area contributed by atoms with E-state index in [0.717, 1.165) is 23.2 Å². The quantitative estimate of drug-likeness (QED) is 0.485. The summed E-state index contributed by atoms with van der Waals surface area (Å²) in [5.41, 5.74) is 3.28. The molecule has 0 saturated carbocycles. The van der Waals surface area contributed by atoms with Gasteiger partial charge in [0.05, 0.1) is 25.5 Å². The van der Waals surface area contributed by atoms with Gasteiger partial charge in [-0.15, -0.1) is 0 Å². The normalized spacial score (nSPS) is 12.6. The zero-order valence-electron chi connectivity index (χ0n) is 18.4. The average Bonchev–Trinajstić information content (AvgIpc) is 3.11. The van der Waals surface area contributed by atoms with Crippen LogP contribution in [0.5, 0.6) is 11.5 Å². The molecule has 3 aromatic carbocycles. The first-order valence-corrected chi connectivity index (χ1v) is 11.1. The van der Waals surface area contributed by atoms with Crippen molar-refractivity contribution in [2.24, 2.45) is 0 Å². The highest BCUT2D eigenvalue weighted by atomic mass is 16.5. The number of aromatic nitrogens is 2. The van der Waals surface area contributed by atoms with Crippen LogP contribution in [0.3, 0.4) is 0 Å². The maximum absolute atomic E-state index is 12.6. The third kappa shape index (κ3) is 4.83. The number of ether oxygens (including phenoxy) is 2. The number of rotatable bonds is 5. The van der Waals surface area contributed by atoms with Crippen LogP contribution >= 0.6 is 0 Å².